The predicted octanol–water partition coefficient (Wildman–Crippen LogP) is 0.904. The van der Waals surface area contributed by atoms with E-state index < -0.39 is 11.9 Å². The highest BCUT2D eigenvalue weighted by Crippen LogP contribution is 2.11. The largest absolute Gasteiger partial charge is 0.478 e. The van der Waals surface area contributed by atoms with Gasteiger partial charge in [-0.15, -0.1) is 0 Å². The second-order valence-electron chi connectivity index (χ2n) is 2.47. The van der Waals surface area contributed by atoms with Gasteiger partial charge in [0.1, 0.15) is 5.69 Å². The minimum atomic E-state index is -1.22. The molecule has 0 saturated heterocycles. The molecule has 0 aromatic carbocycles. The number of aromatic nitrogens is 1. The van der Waals surface area contributed by atoms with Crippen molar-refractivity contribution in [2.24, 2.45) is 0 Å². The van der Waals surface area contributed by atoms with E-state index in [9.17, 15) is 9.59 Å². The summed E-state index contributed by atoms with van der Waals surface area (Å²) in [6.45, 7) is 2.19. The Hall–Kier alpha value is -1.78. The maximum Gasteiger partial charge on any atom is 0.353 e. The van der Waals surface area contributed by atoms with E-state index in [4.69, 9.17) is 10.2 Å². The molecule has 1 aromatic heterocycles. The van der Waals surface area contributed by atoms with Crippen molar-refractivity contribution in [3.63, 3.8) is 0 Å². The fourth-order valence-electron chi connectivity index (χ4n) is 1.15. The van der Waals surface area contributed by atoms with Crippen LogP contribution in [0.2, 0.25) is 0 Å². The van der Waals surface area contributed by atoms with Gasteiger partial charge in [-0.2, -0.15) is 0 Å². The lowest BCUT2D eigenvalue weighted by molar-refractivity contribution is 0.0644. The molecule has 1 aromatic rings. The van der Waals surface area contributed by atoms with Gasteiger partial charge in [0.2, 0.25) is 0 Å². The number of carboxylic acids is 2. The number of aryl methyl sites for hydroxylation is 1. The highest BCUT2D eigenvalue weighted by Gasteiger charge is 2.19. The van der Waals surface area contributed by atoms with Crippen LogP contribution in [0.25, 0.3) is 0 Å². The number of nitrogens with zero attached hydrogens (tertiary/aromatic N) is 1. The molecule has 1 rings (SSSR count). The lowest BCUT2D eigenvalue weighted by atomic mass is 10.2. The van der Waals surface area contributed by atoms with E-state index in [0.29, 0.717) is 6.54 Å². The Balaban J connectivity index is 3.30. The van der Waals surface area contributed by atoms with Crippen molar-refractivity contribution in [3.05, 3.63) is 23.5 Å². The number of carbonyl (C=O) groups is 2. The Bertz CT molecular complexity index is 353. The van der Waals surface area contributed by atoms with E-state index >= 15 is 0 Å². The summed E-state index contributed by atoms with van der Waals surface area (Å²) >= 11 is 0. The van der Waals surface area contributed by atoms with Gasteiger partial charge in [0.15, 0.2) is 0 Å². The topological polar surface area (TPSA) is 79.5 Å². The summed E-state index contributed by atoms with van der Waals surface area (Å²) < 4.78 is 1.38. The summed E-state index contributed by atoms with van der Waals surface area (Å²) in [5.41, 5.74) is -0.343. The van der Waals surface area contributed by atoms with Crippen LogP contribution in [0, 0.1) is 0 Å². The van der Waals surface area contributed by atoms with Crippen LogP contribution in [-0.2, 0) is 6.54 Å². The Labute approximate surface area is 74.2 Å². The summed E-state index contributed by atoms with van der Waals surface area (Å²) in [6.07, 6.45) is 1.45. The molecule has 0 amide bonds. The van der Waals surface area contributed by atoms with E-state index in [1.807, 2.05) is 0 Å². The molecule has 70 valence electrons. The minimum absolute atomic E-state index is 0.171. The van der Waals surface area contributed by atoms with E-state index in [1.165, 1.54) is 16.8 Å². The summed E-state index contributed by atoms with van der Waals surface area (Å²) in [4.78, 5) is 21.3. The summed E-state index contributed by atoms with van der Waals surface area (Å²) in [7, 11) is 0. The van der Waals surface area contributed by atoms with Crippen LogP contribution >= 0.6 is 0 Å². The molecule has 0 aliphatic carbocycles. The molecule has 0 aliphatic heterocycles. The van der Waals surface area contributed by atoms with Crippen molar-refractivity contribution in [1.82, 2.24) is 4.57 Å². The van der Waals surface area contributed by atoms with Crippen molar-refractivity contribution in [1.29, 1.82) is 0 Å². The van der Waals surface area contributed by atoms with Gasteiger partial charge in [-0.1, -0.05) is 0 Å². The molecule has 13 heavy (non-hydrogen) atoms. The van der Waals surface area contributed by atoms with Gasteiger partial charge in [0.25, 0.3) is 0 Å². The van der Waals surface area contributed by atoms with Crippen LogP contribution in [0.1, 0.15) is 27.8 Å². The third-order valence-electron chi connectivity index (χ3n) is 1.74. The van der Waals surface area contributed by atoms with E-state index in [0.717, 1.165) is 0 Å². The van der Waals surface area contributed by atoms with Crippen molar-refractivity contribution in [2.45, 2.75) is 13.5 Å². The average Bonchev–Trinajstić information content (AvgIpc) is 2.46. The van der Waals surface area contributed by atoms with Crippen molar-refractivity contribution in [2.75, 3.05) is 0 Å². The Morgan fingerprint density at radius 2 is 2.00 bits per heavy atom. The molecular formula is C8H9NO4. The highest BCUT2D eigenvalue weighted by atomic mass is 16.4. The first-order valence-corrected chi connectivity index (χ1v) is 3.73. The first kappa shape index (κ1) is 9.31. The summed E-state index contributed by atoms with van der Waals surface area (Å²) in [6, 6.07) is 1.29. The van der Waals surface area contributed by atoms with Gasteiger partial charge < -0.3 is 14.8 Å². The van der Waals surface area contributed by atoms with Crippen molar-refractivity contribution in [3.8, 4) is 0 Å². The first-order valence-electron chi connectivity index (χ1n) is 3.73. The molecule has 0 unspecified atom stereocenters. The number of hydrogen-bond donors (Lipinski definition) is 2. The lowest BCUT2D eigenvalue weighted by Crippen LogP contribution is -2.11. The Morgan fingerprint density at radius 3 is 2.38 bits per heavy atom. The van der Waals surface area contributed by atoms with E-state index in [-0.39, 0.29) is 11.3 Å². The molecule has 0 saturated carbocycles. The normalized spacial score (nSPS) is 9.92. The van der Waals surface area contributed by atoms with E-state index in [2.05, 4.69) is 0 Å². The zero-order chi connectivity index (χ0) is 10.0. The average molecular weight is 183 g/mol. The molecule has 5 nitrogen and oxygen atoms in total. The van der Waals surface area contributed by atoms with Crippen molar-refractivity contribution >= 4 is 11.9 Å². The van der Waals surface area contributed by atoms with Crippen molar-refractivity contribution < 1.29 is 19.8 Å². The smallest absolute Gasteiger partial charge is 0.353 e. The van der Waals surface area contributed by atoms with Gasteiger partial charge in [0.05, 0.1) is 5.56 Å². The predicted molar refractivity (Wildman–Crippen MR) is 44.0 cm³/mol. The van der Waals surface area contributed by atoms with Gasteiger partial charge >= 0.3 is 11.9 Å². The lowest BCUT2D eigenvalue weighted by Gasteiger charge is -2.01. The number of aromatic carboxylic acids is 2. The molecule has 0 atom stereocenters. The maximum absolute atomic E-state index is 10.7. The quantitative estimate of drug-likeness (QED) is 0.729. The van der Waals surface area contributed by atoms with Crippen LogP contribution < -0.4 is 0 Å². The van der Waals surface area contributed by atoms with Crippen LogP contribution in [0.4, 0.5) is 0 Å². The minimum Gasteiger partial charge on any atom is -0.478 e. The molecule has 0 radical (unpaired) electrons. The molecule has 0 aliphatic rings. The molecule has 1 heterocycles. The molecule has 0 fully saturated rings. The molecule has 2 N–H and O–H groups in total. The molecule has 5 heteroatoms. The van der Waals surface area contributed by atoms with Crippen LogP contribution in [0.15, 0.2) is 12.3 Å². The molecular weight excluding hydrogens is 174 g/mol. The Morgan fingerprint density at radius 1 is 1.38 bits per heavy atom. The third kappa shape index (κ3) is 1.53. The number of carboxylic acid groups (broad SMARTS) is 2. The summed E-state index contributed by atoms with van der Waals surface area (Å²) in [5.74, 6) is -2.44. The van der Waals surface area contributed by atoms with Crippen LogP contribution in [0.5, 0.6) is 0 Å². The van der Waals surface area contributed by atoms with Crippen LogP contribution in [0.3, 0.4) is 0 Å². The zero-order valence-corrected chi connectivity index (χ0v) is 7.02. The fraction of sp³-hybridized carbons (Fsp3) is 0.250. The second kappa shape index (κ2) is 3.30. The Kier molecular flexibility index (Phi) is 2.36. The highest BCUT2D eigenvalue weighted by molar-refractivity contribution is 6.00. The number of hydrogen-bond acceptors (Lipinski definition) is 2. The SMILES string of the molecule is CCn1ccc(C(=O)O)c1C(=O)O. The number of rotatable bonds is 3. The standard InChI is InChI=1S/C8H9NO4/c1-2-9-4-3-5(7(10)11)6(9)8(12)13/h3-4H,2H2,1H3,(H,10,11)(H,12,13). The van der Waals surface area contributed by atoms with Gasteiger partial charge in [-0.3, -0.25) is 0 Å². The second-order valence-corrected chi connectivity index (χ2v) is 2.47. The first-order chi connectivity index (χ1) is 6.07. The maximum atomic E-state index is 10.7. The van der Waals surface area contributed by atoms with Gasteiger partial charge in [0, 0.05) is 12.7 Å². The molecule has 0 bridgehead atoms. The fourth-order valence-corrected chi connectivity index (χ4v) is 1.15. The van der Waals surface area contributed by atoms with E-state index in [1.54, 1.807) is 6.92 Å². The van der Waals surface area contributed by atoms with Crippen LogP contribution in [-0.4, -0.2) is 26.7 Å². The van der Waals surface area contributed by atoms with Gasteiger partial charge in [-0.25, -0.2) is 9.59 Å². The molecule has 0 spiro atoms. The van der Waals surface area contributed by atoms with Gasteiger partial charge in [-0.05, 0) is 13.0 Å². The summed E-state index contributed by atoms with van der Waals surface area (Å²) in [5, 5.41) is 17.4. The third-order valence-corrected chi connectivity index (χ3v) is 1.74. The zero-order valence-electron chi connectivity index (χ0n) is 7.02. The monoisotopic (exact) mass is 183 g/mol.